The van der Waals surface area contributed by atoms with Gasteiger partial charge in [-0.15, -0.1) is 0 Å². The van der Waals surface area contributed by atoms with Crippen LogP contribution in [0.25, 0.3) is 0 Å². The molecule has 34 heavy (non-hydrogen) atoms. The number of benzene rings is 1. The highest BCUT2D eigenvalue weighted by Gasteiger charge is 2.34. The lowest BCUT2D eigenvalue weighted by molar-refractivity contribution is -0.235. The Morgan fingerprint density at radius 2 is 1.56 bits per heavy atom. The van der Waals surface area contributed by atoms with Gasteiger partial charge < -0.3 is 18.5 Å². The molecule has 0 saturated carbocycles. The van der Waals surface area contributed by atoms with Gasteiger partial charge in [0.05, 0.1) is 38.9 Å². The maximum atomic E-state index is 8.81. The first-order valence-corrected chi connectivity index (χ1v) is 13.5. The van der Waals surface area contributed by atoms with E-state index in [-0.39, 0.29) is 23.8 Å². The Morgan fingerprint density at radius 3 is 2.06 bits per heavy atom. The molecule has 0 N–H and O–H groups in total. The zero-order valence-corrected chi connectivity index (χ0v) is 22.6. The van der Waals surface area contributed by atoms with E-state index in [1.165, 1.54) is 0 Å². The van der Waals surface area contributed by atoms with Gasteiger partial charge in [0, 0.05) is 35.0 Å². The molecule has 7 heteroatoms. The molecule has 6 nitrogen and oxygen atoms in total. The van der Waals surface area contributed by atoms with Crippen LogP contribution >= 0.6 is 8.53 Å². The molecule has 0 amide bonds. The van der Waals surface area contributed by atoms with Crippen molar-refractivity contribution in [3.63, 3.8) is 0 Å². The van der Waals surface area contributed by atoms with E-state index < -0.39 is 8.53 Å². The molecule has 0 bridgehead atoms. The van der Waals surface area contributed by atoms with E-state index in [0.717, 1.165) is 37.2 Å². The summed E-state index contributed by atoms with van der Waals surface area (Å²) in [4.78, 5) is 0. The first kappa shape index (κ1) is 28.7. The van der Waals surface area contributed by atoms with Crippen LogP contribution in [0.2, 0.25) is 0 Å². The molecule has 188 valence electrons. The van der Waals surface area contributed by atoms with Gasteiger partial charge in [0.2, 0.25) is 0 Å². The lowest BCUT2D eigenvalue weighted by Crippen LogP contribution is -2.37. The molecule has 1 heterocycles. The quantitative estimate of drug-likeness (QED) is 0.188. The Labute approximate surface area is 207 Å². The fourth-order valence-electron chi connectivity index (χ4n) is 3.82. The van der Waals surface area contributed by atoms with E-state index >= 15 is 0 Å². The van der Waals surface area contributed by atoms with Crippen molar-refractivity contribution in [3.8, 4) is 17.9 Å². The van der Waals surface area contributed by atoms with Gasteiger partial charge in [-0.3, -0.25) is 0 Å². The topological polar surface area (TPSA) is 64.0 Å². The van der Waals surface area contributed by atoms with E-state index in [2.05, 4.69) is 64.1 Å². The normalized spacial score (nSPS) is 16.9. The molecule has 1 aromatic carbocycles. The van der Waals surface area contributed by atoms with Crippen LogP contribution < -0.4 is 0 Å². The Morgan fingerprint density at radius 1 is 1.00 bits per heavy atom. The van der Waals surface area contributed by atoms with Crippen molar-refractivity contribution in [3.05, 3.63) is 35.4 Å². The smallest absolute Gasteiger partial charge is 0.259 e. The number of hydrogen-bond donors (Lipinski definition) is 0. The largest absolute Gasteiger partial charge is 0.348 e. The molecule has 1 unspecified atom stereocenters. The lowest BCUT2D eigenvalue weighted by Gasteiger charge is -2.39. The maximum absolute atomic E-state index is 8.81. The van der Waals surface area contributed by atoms with E-state index in [1.54, 1.807) is 0 Å². The average Bonchev–Trinajstić information content (AvgIpc) is 2.84. The highest BCUT2D eigenvalue weighted by molar-refractivity contribution is 7.44. The van der Waals surface area contributed by atoms with Gasteiger partial charge in [0.25, 0.3) is 8.53 Å². The van der Waals surface area contributed by atoms with Crippen molar-refractivity contribution in [2.75, 3.05) is 26.4 Å². The summed E-state index contributed by atoms with van der Waals surface area (Å²) in [5.74, 6) is 6.40. The predicted octanol–water partition coefficient (Wildman–Crippen LogP) is 6.57. The van der Waals surface area contributed by atoms with Gasteiger partial charge in [0.15, 0.2) is 6.29 Å². The summed E-state index contributed by atoms with van der Waals surface area (Å²) in [6.45, 7) is 15.2. The first-order valence-electron chi connectivity index (χ1n) is 12.4. The number of rotatable bonds is 12. The number of ether oxygens (including phenoxy) is 2. The second-order valence-corrected chi connectivity index (χ2v) is 10.7. The van der Waals surface area contributed by atoms with Gasteiger partial charge in [-0.1, -0.05) is 37.8 Å². The van der Waals surface area contributed by atoms with Crippen molar-refractivity contribution in [2.45, 2.75) is 85.6 Å². The molecule has 1 fully saturated rings. The highest BCUT2D eigenvalue weighted by atomic mass is 31.2. The number of hydrogen-bond acceptors (Lipinski definition) is 6. The minimum absolute atomic E-state index is 0.145. The summed E-state index contributed by atoms with van der Waals surface area (Å²) in [6, 6.07) is 10.8. The fraction of sp³-hybridized carbons (Fsp3) is 0.667. The van der Waals surface area contributed by atoms with Gasteiger partial charge in [-0.2, -0.15) is 5.26 Å². The molecular weight excluding hydrogens is 447 g/mol. The van der Waals surface area contributed by atoms with Crippen LogP contribution in [0, 0.1) is 28.6 Å². The van der Waals surface area contributed by atoms with Crippen LogP contribution in [-0.4, -0.2) is 43.2 Å². The van der Waals surface area contributed by atoms with E-state index in [0.29, 0.717) is 26.1 Å². The second kappa shape index (κ2) is 14.8. The van der Waals surface area contributed by atoms with Crippen LogP contribution in [0.5, 0.6) is 0 Å². The maximum Gasteiger partial charge on any atom is 0.259 e. The standard InChI is InChI=1S/C27H41N2O4P/c1-7-27(8-2)20-30-26(31-21-27)25-15-13-24(14-16-25)12-9-10-18-32-34(33-19-11-17-28)29(22(3)4)23(5)6/h13-16,22-23,26H,7-8,10-11,18-21H2,1-6H3. The summed E-state index contributed by atoms with van der Waals surface area (Å²) < 4.78 is 26.2. The second-order valence-electron chi connectivity index (χ2n) is 9.21. The Hall–Kier alpha value is -1.50. The summed E-state index contributed by atoms with van der Waals surface area (Å²) in [7, 11) is -1.22. The van der Waals surface area contributed by atoms with Crippen molar-refractivity contribution in [1.29, 1.82) is 5.26 Å². The lowest BCUT2D eigenvalue weighted by atomic mass is 9.83. The third-order valence-corrected chi connectivity index (χ3v) is 8.20. The van der Waals surface area contributed by atoms with Crippen molar-refractivity contribution in [1.82, 2.24) is 4.67 Å². The molecule has 0 aliphatic carbocycles. The van der Waals surface area contributed by atoms with Crippen LogP contribution in [0.15, 0.2) is 24.3 Å². The summed E-state index contributed by atoms with van der Waals surface area (Å²) in [5, 5.41) is 8.81. The molecule has 1 aromatic rings. The number of nitriles is 1. The Bertz CT molecular complexity index is 804. The summed E-state index contributed by atoms with van der Waals surface area (Å²) in [6.07, 6.45) is 2.80. The molecule has 0 spiro atoms. The molecule has 2 rings (SSSR count). The van der Waals surface area contributed by atoms with Crippen LogP contribution in [0.4, 0.5) is 0 Å². The minimum atomic E-state index is -1.22. The van der Waals surface area contributed by atoms with Gasteiger partial charge >= 0.3 is 0 Å². The first-order chi connectivity index (χ1) is 16.4. The van der Waals surface area contributed by atoms with E-state index in [9.17, 15) is 0 Å². The highest BCUT2D eigenvalue weighted by Crippen LogP contribution is 2.46. The van der Waals surface area contributed by atoms with Crippen LogP contribution in [0.3, 0.4) is 0 Å². The summed E-state index contributed by atoms with van der Waals surface area (Å²) >= 11 is 0. The number of nitrogens with zero attached hydrogens (tertiary/aromatic N) is 2. The molecule has 1 aliphatic rings. The fourth-order valence-corrected chi connectivity index (χ4v) is 5.41. The molecule has 0 aromatic heterocycles. The summed E-state index contributed by atoms with van der Waals surface area (Å²) in [5.41, 5.74) is 2.12. The SMILES string of the molecule is CCC1(CC)COC(c2ccc(C#CCCOP(OCCC#N)N(C(C)C)C(C)C)cc2)OC1. The van der Waals surface area contributed by atoms with Gasteiger partial charge in [-0.25, -0.2) is 4.67 Å². The average molecular weight is 489 g/mol. The van der Waals surface area contributed by atoms with E-state index in [1.807, 2.05) is 24.3 Å². The zero-order chi connectivity index (χ0) is 25.0. The zero-order valence-electron chi connectivity index (χ0n) is 21.7. The molecule has 1 saturated heterocycles. The van der Waals surface area contributed by atoms with Crippen LogP contribution in [0.1, 0.15) is 84.6 Å². The predicted molar refractivity (Wildman–Crippen MR) is 137 cm³/mol. The van der Waals surface area contributed by atoms with Gasteiger partial charge in [0.1, 0.15) is 0 Å². The minimum Gasteiger partial charge on any atom is -0.348 e. The van der Waals surface area contributed by atoms with Crippen molar-refractivity contribution >= 4 is 8.53 Å². The van der Waals surface area contributed by atoms with Gasteiger partial charge in [-0.05, 0) is 52.7 Å². The Balaban J connectivity index is 1.86. The third-order valence-electron chi connectivity index (χ3n) is 6.09. The molecule has 1 atom stereocenters. The van der Waals surface area contributed by atoms with Crippen molar-refractivity contribution in [2.24, 2.45) is 5.41 Å². The molecule has 1 aliphatic heterocycles. The monoisotopic (exact) mass is 488 g/mol. The van der Waals surface area contributed by atoms with Crippen molar-refractivity contribution < 1.29 is 18.5 Å². The molecule has 0 radical (unpaired) electrons. The van der Waals surface area contributed by atoms with E-state index in [4.69, 9.17) is 23.8 Å². The third kappa shape index (κ3) is 8.62. The molecular formula is C27H41N2O4P. The van der Waals surface area contributed by atoms with Crippen LogP contribution in [-0.2, 0) is 18.5 Å². The Kier molecular flexibility index (Phi) is 12.5.